The molecule has 0 bridgehead atoms. The molecule has 0 fully saturated rings. The van der Waals surface area contributed by atoms with Crippen LogP contribution in [0.4, 0.5) is 0 Å². The maximum absolute atomic E-state index is 5.43. The van der Waals surface area contributed by atoms with Gasteiger partial charge < -0.3 is 10.1 Å². The number of rotatable bonds is 5. The normalized spacial score (nSPS) is 12.4. The summed E-state index contributed by atoms with van der Waals surface area (Å²) in [7, 11) is 3.67. The van der Waals surface area contributed by atoms with E-state index in [0.717, 1.165) is 23.6 Å². The summed E-state index contributed by atoms with van der Waals surface area (Å²) in [6, 6.07) is 8.63. The first-order chi connectivity index (χ1) is 9.13. The molecule has 1 atom stereocenters. The van der Waals surface area contributed by atoms with Crippen LogP contribution < -0.4 is 10.1 Å². The molecule has 0 aliphatic heterocycles. The number of benzene rings is 1. The van der Waals surface area contributed by atoms with Crippen molar-refractivity contribution in [2.75, 3.05) is 14.2 Å². The smallest absolute Gasteiger partial charge is 0.123 e. The lowest BCUT2D eigenvalue weighted by atomic mass is 10.0. The van der Waals surface area contributed by atoms with E-state index in [0.29, 0.717) is 6.04 Å². The van der Waals surface area contributed by atoms with Gasteiger partial charge in [0.05, 0.1) is 19.3 Å². The molecule has 0 amide bonds. The molecule has 1 unspecified atom stereocenters. The first-order valence-electron chi connectivity index (χ1n) is 6.48. The highest BCUT2D eigenvalue weighted by molar-refractivity contribution is 5.38. The predicted octanol–water partition coefficient (Wildman–Crippen LogP) is 2.53. The van der Waals surface area contributed by atoms with E-state index in [1.54, 1.807) is 7.11 Å². The van der Waals surface area contributed by atoms with Crippen LogP contribution in [0.15, 0.2) is 30.5 Å². The molecule has 1 aromatic heterocycles. The van der Waals surface area contributed by atoms with Crippen LogP contribution >= 0.6 is 0 Å². The van der Waals surface area contributed by atoms with Crippen molar-refractivity contribution in [1.29, 1.82) is 0 Å². The van der Waals surface area contributed by atoms with Gasteiger partial charge in [0.25, 0.3) is 0 Å². The van der Waals surface area contributed by atoms with Gasteiger partial charge in [-0.2, -0.15) is 5.10 Å². The van der Waals surface area contributed by atoms with Crippen LogP contribution in [0.2, 0.25) is 0 Å². The minimum atomic E-state index is 0.323. The van der Waals surface area contributed by atoms with E-state index in [1.165, 1.54) is 5.56 Å². The Kier molecular flexibility index (Phi) is 4.22. The molecule has 0 saturated heterocycles. The van der Waals surface area contributed by atoms with Crippen molar-refractivity contribution in [3.63, 3.8) is 0 Å². The average Bonchev–Trinajstić information content (AvgIpc) is 2.83. The number of hydrogen-bond donors (Lipinski definition) is 1. The van der Waals surface area contributed by atoms with E-state index in [2.05, 4.69) is 29.5 Å². The molecule has 2 rings (SSSR count). The van der Waals surface area contributed by atoms with Crippen LogP contribution in [0.5, 0.6) is 5.75 Å². The van der Waals surface area contributed by atoms with Gasteiger partial charge in [-0.1, -0.05) is 6.07 Å². The topological polar surface area (TPSA) is 39.1 Å². The van der Waals surface area contributed by atoms with Crippen molar-refractivity contribution in [1.82, 2.24) is 15.1 Å². The van der Waals surface area contributed by atoms with Gasteiger partial charge in [0, 0.05) is 17.8 Å². The number of aryl methyl sites for hydroxylation is 1. The third-order valence-electron chi connectivity index (χ3n) is 3.34. The Morgan fingerprint density at radius 2 is 2.16 bits per heavy atom. The lowest BCUT2D eigenvalue weighted by Gasteiger charge is -2.15. The van der Waals surface area contributed by atoms with E-state index in [4.69, 9.17) is 4.74 Å². The molecular weight excluding hydrogens is 238 g/mol. The van der Waals surface area contributed by atoms with Gasteiger partial charge in [0.15, 0.2) is 0 Å². The molecule has 2 aromatic rings. The Bertz CT molecular complexity index is 548. The monoisotopic (exact) mass is 259 g/mol. The van der Waals surface area contributed by atoms with Crippen LogP contribution in [-0.2, 0) is 6.54 Å². The largest absolute Gasteiger partial charge is 0.496 e. The Labute approximate surface area is 114 Å². The van der Waals surface area contributed by atoms with Gasteiger partial charge >= 0.3 is 0 Å². The zero-order valence-corrected chi connectivity index (χ0v) is 12.0. The van der Waals surface area contributed by atoms with Crippen LogP contribution in [0.25, 0.3) is 0 Å². The molecule has 0 saturated carbocycles. The zero-order valence-electron chi connectivity index (χ0n) is 12.0. The second-order valence-electron chi connectivity index (χ2n) is 4.74. The van der Waals surface area contributed by atoms with Crippen molar-refractivity contribution < 1.29 is 4.74 Å². The summed E-state index contributed by atoms with van der Waals surface area (Å²) in [6.45, 7) is 4.86. The molecule has 0 aliphatic rings. The molecule has 1 N–H and O–H groups in total. The highest BCUT2D eigenvalue weighted by Crippen LogP contribution is 2.24. The third-order valence-corrected chi connectivity index (χ3v) is 3.34. The Balaban J connectivity index is 2.30. The molecule has 0 spiro atoms. The Morgan fingerprint density at radius 1 is 1.37 bits per heavy atom. The molecular formula is C15H21N3O. The van der Waals surface area contributed by atoms with Gasteiger partial charge in [-0.05, 0) is 44.7 Å². The predicted molar refractivity (Wildman–Crippen MR) is 76.5 cm³/mol. The van der Waals surface area contributed by atoms with Crippen molar-refractivity contribution in [3.05, 3.63) is 47.3 Å². The van der Waals surface area contributed by atoms with Crippen molar-refractivity contribution >= 4 is 0 Å². The Hall–Kier alpha value is -1.81. The fourth-order valence-electron chi connectivity index (χ4n) is 2.08. The molecule has 102 valence electrons. The van der Waals surface area contributed by atoms with Crippen molar-refractivity contribution in [3.8, 4) is 5.75 Å². The van der Waals surface area contributed by atoms with Gasteiger partial charge in [-0.3, -0.25) is 4.68 Å². The number of hydrogen-bond acceptors (Lipinski definition) is 3. The van der Waals surface area contributed by atoms with E-state index in [1.807, 2.05) is 37.0 Å². The van der Waals surface area contributed by atoms with Gasteiger partial charge in [-0.15, -0.1) is 0 Å². The maximum Gasteiger partial charge on any atom is 0.123 e. The summed E-state index contributed by atoms with van der Waals surface area (Å²) in [5, 5.41) is 7.67. The minimum absolute atomic E-state index is 0.323. The second-order valence-corrected chi connectivity index (χ2v) is 4.74. The molecule has 0 radical (unpaired) electrons. The highest BCUT2D eigenvalue weighted by atomic mass is 16.5. The number of aromatic nitrogens is 2. The summed E-state index contributed by atoms with van der Waals surface area (Å²) in [5.41, 5.74) is 3.42. The lowest BCUT2D eigenvalue weighted by Crippen LogP contribution is -2.13. The SMILES string of the molecule is CNC(C)c1ccc(OC)c(Cn2ccc(C)n2)c1. The second kappa shape index (κ2) is 5.89. The minimum Gasteiger partial charge on any atom is -0.496 e. The molecule has 19 heavy (non-hydrogen) atoms. The van der Waals surface area contributed by atoms with Gasteiger partial charge in [0.2, 0.25) is 0 Å². The van der Waals surface area contributed by atoms with E-state index in [9.17, 15) is 0 Å². The van der Waals surface area contributed by atoms with Crippen LogP contribution in [0.1, 0.15) is 29.8 Å². The maximum atomic E-state index is 5.43. The standard InChI is InChI=1S/C15H21N3O/c1-11-7-8-18(17-11)10-14-9-13(12(2)16-3)5-6-15(14)19-4/h5-9,12,16H,10H2,1-4H3. The van der Waals surface area contributed by atoms with Crippen molar-refractivity contribution in [2.24, 2.45) is 0 Å². The quantitative estimate of drug-likeness (QED) is 0.897. The molecule has 4 heteroatoms. The number of methoxy groups -OCH3 is 1. The number of nitrogens with one attached hydrogen (secondary N) is 1. The molecule has 0 aliphatic carbocycles. The summed E-state index contributed by atoms with van der Waals surface area (Å²) in [5.74, 6) is 0.903. The lowest BCUT2D eigenvalue weighted by molar-refractivity contribution is 0.407. The summed E-state index contributed by atoms with van der Waals surface area (Å²) < 4.78 is 7.36. The van der Waals surface area contributed by atoms with Crippen LogP contribution in [0, 0.1) is 6.92 Å². The highest BCUT2D eigenvalue weighted by Gasteiger charge is 2.09. The first-order valence-corrected chi connectivity index (χ1v) is 6.48. The zero-order chi connectivity index (χ0) is 13.8. The van der Waals surface area contributed by atoms with E-state index >= 15 is 0 Å². The van der Waals surface area contributed by atoms with E-state index < -0.39 is 0 Å². The molecule has 1 heterocycles. The summed E-state index contributed by atoms with van der Waals surface area (Å²) in [6.07, 6.45) is 1.99. The van der Waals surface area contributed by atoms with Gasteiger partial charge in [-0.25, -0.2) is 0 Å². The van der Waals surface area contributed by atoms with Crippen LogP contribution in [0.3, 0.4) is 0 Å². The fraction of sp³-hybridized carbons (Fsp3) is 0.400. The average molecular weight is 259 g/mol. The van der Waals surface area contributed by atoms with E-state index in [-0.39, 0.29) is 0 Å². The Morgan fingerprint density at radius 3 is 2.74 bits per heavy atom. The number of nitrogens with zero attached hydrogens (tertiary/aromatic N) is 2. The van der Waals surface area contributed by atoms with Crippen LogP contribution in [-0.4, -0.2) is 23.9 Å². The summed E-state index contributed by atoms with van der Waals surface area (Å²) >= 11 is 0. The molecule has 1 aromatic carbocycles. The summed E-state index contributed by atoms with van der Waals surface area (Å²) in [4.78, 5) is 0. The third kappa shape index (κ3) is 3.15. The number of ether oxygens (including phenoxy) is 1. The molecule has 4 nitrogen and oxygen atoms in total. The van der Waals surface area contributed by atoms with Crippen molar-refractivity contribution in [2.45, 2.75) is 26.4 Å². The fourth-order valence-corrected chi connectivity index (χ4v) is 2.08. The first kappa shape index (κ1) is 13.6. The van der Waals surface area contributed by atoms with Gasteiger partial charge in [0.1, 0.15) is 5.75 Å².